The predicted octanol–water partition coefficient (Wildman–Crippen LogP) is 2.65. The van der Waals surface area contributed by atoms with Gasteiger partial charge in [-0.2, -0.15) is 0 Å². The number of hydrogen-bond donors (Lipinski definition) is 2. The maximum absolute atomic E-state index is 11.9. The van der Waals surface area contributed by atoms with Crippen LogP contribution in [0.15, 0.2) is 22.5 Å². The van der Waals surface area contributed by atoms with E-state index in [2.05, 4.69) is 47.0 Å². The van der Waals surface area contributed by atoms with Crippen LogP contribution in [-0.4, -0.2) is 62.2 Å². The van der Waals surface area contributed by atoms with Crippen molar-refractivity contribution in [2.24, 2.45) is 4.99 Å². The van der Waals surface area contributed by atoms with Crippen molar-refractivity contribution in [1.82, 2.24) is 15.5 Å². The van der Waals surface area contributed by atoms with Crippen molar-refractivity contribution in [3.8, 4) is 0 Å². The molecule has 152 valence electrons. The van der Waals surface area contributed by atoms with Crippen LogP contribution in [0.5, 0.6) is 0 Å². The number of nitrogens with one attached hydrogen (secondary N) is 2. The summed E-state index contributed by atoms with van der Waals surface area (Å²) in [5.74, 6) is 0.735. The highest BCUT2D eigenvalue weighted by Crippen LogP contribution is 2.22. The van der Waals surface area contributed by atoms with E-state index in [9.17, 15) is 4.79 Å². The van der Waals surface area contributed by atoms with Crippen LogP contribution in [-0.2, 0) is 16.0 Å². The first-order chi connectivity index (χ1) is 12.9. The molecule has 0 bridgehead atoms. The molecule has 7 heteroatoms. The molecule has 0 aromatic carbocycles. The van der Waals surface area contributed by atoms with Crippen molar-refractivity contribution in [3.05, 3.63) is 22.4 Å². The maximum Gasteiger partial charge on any atom is 0.243 e. The number of carbonyl (C=O) groups excluding carboxylic acids is 1. The maximum atomic E-state index is 11.9. The molecule has 1 aromatic heterocycles. The number of ether oxygens (including phenoxy) is 1. The zero-order chi connectivity index (χ0) is 19.6. The Morgan fingerprint density at radius 3 is 2.67 bits per heavy atom. The lowest BCUT2D eigenvalue weighted by molar-refractivity contribution is -0.127. The molecule has 2 rings (SSSR count). The molecule has 1 aliphatic rings. The summed E-state index contributed by atoms with van der Waals surface area (Å²) in [6.45, 7) is 5.14. The number of hydrogen-bond acceptors (Lipinski definition) is 4. The first kappa shape index (κ1) is 21.7. The molecule has 1 fully saturated rings. The SMILES string of the molecule is CC(C)OC1CCC(NC(=NCC(=O)N(C)C)NCCc2cccs2)CC1. The Morgan fingerprint density at radius 1 is 1.33 bits per heavy atom. The third-order valence-corrected chi connectivity index (χ3v) is 5.53. The molecule has 0 spiro atoms. The van der Waals surface area contributed by atoms with Crippen molar-refractivity contribution in [3.63, 3.8) is 0 Å². The number of amides is 1. The van der Waals surface area contributed by atoms with Gasteiger partial charge in [-0.05, 0) is 57.4 Å². The van der Waals surface area contributed by atoms with E-state index in [1.54, 1.807) is 30.3 Å². The van der Waals surface area contributed by atoms with Crippen LogP contribution >= 0.6 is 11.3 Å². The van der Waals surface area contributed by atoms with Crippen molar-refractivity contribution in [1.29, 1.82) is 0 Å². The van der Waals surface area contributed by atoms with Crippen LogP contribution in [0, 0.1) is 0 Å². The van der Waals surface area contributed by atoms with Gasteiger partial charge in [0.2, 0.25) is 5.91 Å². The Bertz CT molecular complexity index is 579. The number of guanidine groups is 1. The van der Waals surface area contributed by atoms with Gasteiger partial charge < -0.3 is 20.3 Å². The summed E-state index contributed by atoms with van der Waals surface area (Å²) >= 11 is 1.76. The van der Waals surface area contributed by atoms with Gasteiger partial charge in [0, 0.05) is 31.6 Å². The van der Waals surface area contributed by atoms with E-state index in [4.69, 9.17) is 4.74 Å². The minimum Gasteiger partial charge on any atom is -0.376 e. The molecule has 1 heterocycles. The summed E-state index contributed by atoms with van der Waals surface area (Å²) in [6, 6.07) is 4.59. The molecule has 1 amide bonds. The smallest absolute Gasteiger partial charge is 0.243 e. The van der Waals surface area contributed by atoms with Gasteiger partial charge in [0.15, 0.2) is 5.96 Å². The summed E-state index contributed by atoms with van der Waals surface area (Å²) in [7, 11) is 3.51. The fourth-order valence-corrected chi connectivity index (χ4v) is 3.83. The van der Waals surface area contributed by atoms with Crippen molar-refractivity contribution >= 4 is 23.2 Å². The van der Waals surface area contributed by atoms with E-state index in [-0.39, 0.29) is 18.6 Å². The average molecular weight is 395 g/mol. The third kappa shape index (κ3) is 8.30. The lowest BCUT2D eigenvalue weighted by Gasteiger charge is -2.31. The van der Waals surface area contributed by atoms with E-state index in [1.165, 1.54) is 4.88 Å². The van der Waals surface area contributed by atoms with Crippen LogP contribution in [0.25, 0.3) is 0 Å². The minimum absolute atomic E-state index is 0.00315. The molecule has 6 nitrogen and oxygen atoms in total. The molecule has 0 atom stereocenters. The van der Waals surface area contributed by atoms with Crippen molar-refractivity contribution < 1.29 is 9.53 Å². The summed E-state index contributed by atoms with van der Waals surface area (Å²) in [6.07, 6.45) is 5.85. The molecule has 0 aliphatic heterocycles. The summed E-state index contributed by atoms with van der Waals surface area (Å²) in [4.78, 5) is 19.3. The normalized spacial score (nSPS) is 20.6. The number of rotatable bonds is 8. The molecule has 0 saturated heterocycles. The van der Waals surface area contributed by atoms with Gasteiger partial charge in [0.25, 0.3) is 0 Å². The molecule has 27 heavy (non-hydrogen) atoms. The van der Waals surface area contributed by atoms with Gasteiger partial charge >= 0.3 is 0 Å². The van der Waals surface area contributed by atoms with Gasteiger partial charge in [-0.25, -0.2) is 4.99 Å². The highest BCUT2D eigenvalue weighted by molar-refractivity contribution is 7.09. The quantitative estimate of drug-likeness (QED) is 0.525. The zero-order valence-electron chi connectivity index (χ0n) is 17.0. The fourth-order valence-electron chi connectivity index (χ4n) is 3.12. The van der Waals surface area contributed by atoms with Crippen LogP contribution in [0.4, 0.5) is 0 Å². The van der Waals surface area contributed by atoms with Crippen LogP contribution in [0.1, 0.15) is 44.4 Å². The second-order valence-corrected chi connectivity index (χ2v) is 8.54. The van der Waals surface area contributed by atoms with E-state index < -0.39 is 0 Å². The third-order valence-electron chi connectivity index (χ3n) is 4.59. The summed E-state index contributed by atoms with van der Waals surface area (Å²) in [5.41, 5.74) is 0. The molecule has 0 unspecified atom stereocenters. The Balaban J connectivity index is 1.85. The molecule has 1 saturated carbocycles. The molecule has 2 N–H and O–H groups in total. The number of nitrogens with zero attached hydrogens (tertiary/aromatic N) is 2. The number of likely N-dealkylation sites (N-methyl/N-ethyl adjacent to an activating group) is 1. The number of carbonyl (C=O) groups is 1. The second kappa shape index (κ2) is 11.3. The first-order valence-corrected chi connectivity index (χ1v) is 10.7. The topological polar surface area (TPSA) is 66.0 Å². The van der Waals surface area contributed by atoms with E-state index >= 15 is 0 Å². The molecular weight excluding hydrogens is 360 g/mol. The summed E-state index contributed by atoms with van der Waals surface area (Å²) in [5, 5.41) is 9.00. The lowest BCUT2D eigenvalue weighted by Crippen LogP contribution is -2.46. The lowest BCUT2D eigenvalue weighted by atomic mass is 9.93. The van der Waals surface area contributed by atoms with Gasteiger partial charge in [-0.3, -0.25) is 4.79 Å². The fraction of sp³-hybridized carbons (Fsp3) is 0.700. The first-order valence-electron chi connectivity index (χ1n) is 9.87. The van der Waals surface area contributed by atoms with E-state index in [1.807, 2.05) is 0 Å². The summed E-state index contributed by atoms with van der Waals surface area (Å²) < 4.78 is 5.93. The van der Waals surface area contributed by atoms with E-state index in [0.29, 0.717) is 12.1 Å². The number of thiophene rings is 1. The minimum atomic E-state index is 0.00315. The van der Waals surface area contributed by atoms with Gasteiger partial charge in [-0.1, -0.05) is 6.07 Å². The molecule has 1 aliphatic carbocycles. The van der Waals surface area contributed by atoms with Crippen molar-refractivity contribution in [2.75, 3.05) is 27.2 Å². The number of aliphatic imine (C=N–C) groups is 1. The molecule has 0 radical (unpaired) electrons. The Labute approximate surface area is 167 Å². The molecular formula is C20H34N4O2S. The Hall–Kier alpha value is -1.60. The zero-order valence-corrected chi connectivity index (χ0v) is 17.8. The monoisotopic (exact) mass is 394 g/mol. The van der Waals surface area contributed by atoms with Crippen LogP contribution in [0.3, 0.4) is 0 Å². The van der Waals surface area contributed by atoms with Crippen LogP contribution in [0.2, 0.25) is 0 Å². The van der Waals surface area contributed by atoms with Gasteiger partial charge in [0.05, 0.1) is 12.2 Å². The Morgan fingerprint density at radius 2 is 2.07 bits per heavy atom. The van der Waals surface area contributed by atoms with E-state index in [0.717, 1.165) is 44.6 Å². The highest BCUT2D eigenvalue weighted by Gasteiger charge is 2.23. The van der Waals surface area contributed by atoms with Gasteiger partial charge in [-0.15, -0.1) is 11.3 Å². The van der Waals surface area contributed by atoms with Crippen LogP contribution < -0.4 is 10.6 Å². The molecule has 1 aromatic rings. The standard InChI is InChI=1S/C20H34N4O2S/c1-15(2)26-17-9-7-16(8-10-17)23-20(22-14-19(25)24(3)4)21-12-11-18-6-5-13-27-18/h5-6,13,15-17H,7-12,14H2,1-4H3,(H2,21,22,23). The largest absolute Gasteiger partial charge is 0.376 e. The van der Waals surface area contributed by atoms with Crippen molar-refractivity contribution in [2.45, 2.75) is 64.2 Å². The average Bonchev–Trinajstić information content (AvgIpc) is 3.13. The Kier molecular flexibility index (Phi) is 9.07. The highest BCUT2D eigenvalue weighted by atomic mass is 32.1. The second-order valence-electron chi connectivity index (χ2n) is 7.51. The van der Waals surface area contributed by atoms with Gasteiger partial charge in [0.1, 0.15) is 6.54 Å². The predicted molar refractivity (Wildman–Crippen MR) is 112 cm³/mol.